The molecular weight excluding hydrogens is 482 g/mol. The van der Waals surface area contributed by atoms with E-state index in [-0.39, 0.29) is 54.4 Å². The maximum absolute atomic E-state index is 13.1. The average Bonchev–Trinajstić information content (AvgIpc) is 3.10. The van der Waals surface area contributed by atoms with Crippen molar-refractivity contribution in [3.63, 3.8) is 0 Å². The monoisotopic (exact) mass is 507 g/mol. The summed E-state index contributed by atoms with van der Waals surface area (Å²) in [6.07, 6.45) is 0.0699. The molecule has 2 aliphatic rings. The van der Waals surface area contributed by atoms with Gasteiger partial charge in [0.05, 0.1) is 72.2 Å². The Kier molecular flexibility index (Phi) is 9.87. The molecule has 13 nitrogen and oxygen atoms in total. The van der Waals surface area contributed by atoms with Crippen molar-refractivity contribution in [1.82, 2.24) is 10.2 Å². The van der Waals surface area contributed by atoms with Gasteiger partial charge in [0.1, 0.15) is 6.04 Å². The topological polar surface area (TPSA) is 177 Å². The van der Waals surface area contributed by atoms with Gasteiger partial charge in [-0.25, -0.2) is 0 Å². The zero-order chi connectivity index (χ0) is 25.2. The molecule has 0 aliphatic carbocycles. The molecule has 0 radical (unpaired) electrons. The number of hydrogen-bond donors (Lipinski definition) is 1. The van der Waals surface area contributed by atoms with Gasteiger partial charge in [0, 0.05) is 17.9 Å². The zero-order valence-electron chi connectivity index (χ0n) is 18.8. The summed E-state index contributed by atoms with van der Waals surface area (Å²) in [5.41, 5.74) is 8.24. The summed E-state index contributed by atoms with van der Waals surface area (Å²) < 4.78 is 28.8. The second-order valence-corrected chi connectivity index (χ2v) is 9.01. The van der Waals surface area contributed by atoms with Crippen molar-refractivity contribution < 1.29 is 37.6 Å². The zero-order valence-corrected chi connectivity index (χ0v) is 19.7. The first-order valence-electron chi connectivity index (χ1n) is 10.9. The van der Waals surface area contributed by atoms with Crippen LogP contribution in [0.4, 0.5) is 0 Å². The molecule has 2 aliphatic heterocycles. The summed E-state index contributed by atoms with van der Waals surface area (Å²) in [5, 5.41) is 5.48. The third-order valence-corrected chi connectivity index (χ3v) is 6.60. The number of imide groups is 2. The maximum Gasteiger partial charge on any atom is 0.263 e. The number of benzene rings is 1. The number of amides is 4. The summed E-state index contributed by atoms with van der Waals surface area (Å²) in [4.78, 5) is 53.2. The SMILES string of the molecule is [N-]=[N+]=NCCOCCOCCOCCS(=O)c1cccc2c1C(=O)N(C1CCC(=O)NC1=O)C2=O. The molecule has 1 N–H and O–H groups in total. The minimum absolute atomic E-state index is 0.0179. The standard InChI is InChI=1S/C21H25N5O8S/c22-25-23-6-7-32-8-9-33-10-11-34-12-13-35(31)16-3-1-2-14-18(16)21(30)26(20(14)29)15-4-5-17(27)24-19(15)28/h1-3,15H,4-13H2,(H,24,27,28). The largest absolute Gasteiger partial charge is 0.379 e. The molecule has 1 aromatic carbocycles. The number of carbonyl (C=O) groups is 4. The number of hydrogen-bond acceptors (Lipinski definition) is 9. The van der Waals surface area contributed by atoms with Crippen molar-refractivity contribution in [2.24, 2.45) is 5.11 Å². The Hall–Kier alpha value is -3.16. The fourth-order valence-electron chi connectivity index (χ4n) is 3.61. The van der Waals surface area contributed by atoms with Crippen LogP contribution in [0.5, 0.6) is 0 Å². The summed E-state index contributed by atoms with van der Waals surface area (Å²) in [6.45, 7) is 1.99. The molecule has 188 valence electrons. The minimum Gasteiger partial charge on any atom is -0.379 e. The van der Waals surface area contributed by atoms with Gasteiger partial charge < -0.3 is 14.2 Å². The second-order valence-electron chi connectivity index (χ2n) is 7.47. The number of nitrogens with one attached hydrogen (secondary N) is 1. The lowest BCUT2D eigenvalue weighted by Gasteiger charge is -2.27. The van der Waals surface area contributed by atoms with Crippen LogP contribution in [0.3, 0.4) is 0 Å². The molecule has 1 fully saturated rings. The van der Waals surface area contributed by atoms with E-state index in [0.29, 0.717) is 26.4 Å². The number of ether oxygens (including phenoxy) is 3. The molecule has 2 heterocycles. The Morgan fingerprint density at radius 1 is 1.03 bits per heavy atom. The van der Waals surface area contributed by atoms with Crippen LogP contribution in [0.15, 0.2) is 28.2 Å². The van der Waals surface area contributed by atoms with E-state index in [0.717, 1.165) is 4.90 Å². The molecule has 0 spiro atoms. The lowest BCUT2D eigenvalue weighted by Crippen LogP contribution is -2.54. The van der Waals surface area contributed by atoms with Crippen molar-refractivity contribution in [3.05, 3.63) is 39.8 Å². The van der Waals surface area contributed by atoms with Gasteiger partial charge in [0.2, 0.25) is 11.8 Å². The molecule has 2 unspecified atom stereocenters. The molecule has 0 bridgehead atoms. The first-order chi connectivity index (χ1) is 17.0. The summed E-state index contributed by atoms with van der Waals surface area (Å²) in [5.74, 6) is -2.40. The van der Waals surface area contributed by atoms with Crippen LogP contribution in [-0.4, -0.2) is 90.7 Å². The van der Waals surface area contributed by atoms with E-state index in [4.69, 9.17) is 19.7 Å². The molecule has 1 saturated heterocycles. The lowest BCUT2D eigenvalue weighted by atomic mass is 10.0. The van der Waals surface area contributed by atoms with Crippen LogP contribution < -0.4 is 5.32 Å². The number of piperidine rings is 1. The van der Waals surface area contributed by atoms with Crippen molar-refractivity contribution in [2.45, 2.75) is 23.8 Å². The Labute approximate surface area is 203 Å². The Morgan fingerprint density at radius 2 is 1.71 bits per heavy atom. The van der Waals surface area contributed by atoms with Crippen LogP contribution in [0.2, 0.25) is 0 Å². The Morgan fingerprint density at radius 3 is 2.40 bits per heavy atom. The van der Waals surface area contributed by atoms with Crippen LogP contribution in [0.25, 0.3) is 10.4 Å². The minimum atomic E-state index is -1.62. The van der Waals surface area contributed by atoms with E-state index in [2.05, 4.69) is 15.3 Å². The third kappa shape index (κ3) is 6.71. The summed E-state index contributed by atoms with van der Waals surface area (Å²) >= 11 is 0. The highest BCUT2D eigenvalue weighted by molar-refractivity contribution is 7.85. The molecule has 4 amide bonds. The quantitative estimate of drug-likeness (QED) is 0.125. The van der Waals surface area contributed by atoms with E-state index in [1.54, 1.807) is 0 Å². The highest BCUT2D eigenvalue weighted by Gasteiger charge is 2.46. The van der Waals surface area contributed by atoms with Crippen LogP contribution in [-0.2, 0) is 34.6 Å². The number of fused-ring (bicyclic) bond motifs is 1. The third-order valence-electron chi connectivity index (χ3n) is 5.23. The predicted molar refractivity (Wildman–Crippen MR) is 121 cm³/mol. The Bertz CT molecular complexity index is 1060. The first-order valence-corrected chi connectivity index (χ1v) is 12.2. The number of azide groups is 1. The van der Waals surface area contributed by atoms with Gasteiger partial charge in [0.25, 0.3) is 11.8 Å². The molecule has 0 aromatic heterocycles. The highest BCUT2D eigenvalue weighted by Crippen LogP contribution is 2.31. The van der Waals surface area contributed by atoms with Crippen molar-refractivity contribution in [2.75, 3.05) is 51.9 Å². The van der Waals surface area contributed by atoms with Crippen molar-refractivity contribution in [3.8, 4) is 0 Å². The lowest BCUT2D eigenvalue weighted by molar-refractivity contribution is -0.136. The van der Waals surface area contributed by atoms with Crippen molar-refractivity contribution in [1.29, 1.82) is 0 Å². The fourth-order valence-corrected chi connectivity index (χ4v) is 4.75. The summed E-state index contributed by atoms with van der Waals surface area (Å²) in [6, 6.07) is 3.42. The maximum atomic E-state index is 13.1. The number of nitrogens with zero attached hydrogens (tertiary/aromatic N) is 4. The molecule has 35 heavy (non-hydrogen) atoms. The summed E-state index contributed by atoms with van der Waals surface area (Å²) in [7, 11) is -1.62. The smallest absolute Gasteiger partial charge is 0.263 e. The number of carbonyl (C=O) groups excluding carboxylic acids is 4. The van der Waals surface area contributed by atoms with Gasteiger partial charge >= 0.3 is 0 Å². The van der Waals surface area contributed by atoms with Crippen molar-refractivity contribution >= 4 is 34.4 Å². The van der Waals surface area contributed by atoms with Crippen LogP contribution >= 0.6 is 0 Å². The number of rotatable bonds is 14. The van der Waals surface area contributed by atoms with E-state index < -0.39 is 40.5 Å². The van der Waals surface area contributed by atoms with Crippen LogP contribution in [0, 0.1) is 0 Å². The van der Waals surface area contributed by atoms with E-state index >= 15 is 0 Å². The molecule has 14 heteroatoms. The molecule has 0 saturated carbocycles. The fraction of sp³-hybridized carbons (Fsp3) is 0.524. The second kappa shape index (κ2) is 13.1. The average molecular weight is 508 g/mol. The van der Waals surface area contributed by atoms with E-state index in [9.17, 15) is 23.4 Å². The van der Waals surface area contributed by atoms with Gasteiger partial charge in [-0.2, -0.15) is 0 Å². The van der Waals surface area contributed by atoms with Gasteiger partial charge in [-0.05, 0) is 24.1 Å². The van der Waals surface area contributed by atoms with Gasteiger partial charge in [0.15, 0.2) is 0 Å². The highest BCUT2D eigenvalue weighted by atomic mass is 32.2. The predicted octanol–water partition coefficient (Wildman–Crippen LogP) is 0.556. The van der Waals surface area contributed by atoms with Gasteiger partial charge in [-0.15, -0.1) is 0 Å². The van der Waals surface area contributed by atoms with E-state index in [1.807, 2.05) is 0 Å². The first kappa shape index (κ1) is 26.4. The van der Waals surface area contributed by atoms with Gasteiger partial charge in [-0.1, -0.05) is 11.2 Å². The van der Waals surface area contributed by atoms with E-state index in [1.165, 1.54) is 18.2 Å². The molecular formula is C21H25N5O8S. The molecule has 2 atom stereocenters. The Balaban J connectivity index is 1.46. The van der Waals surface area contributed by atoms with Crippen LogP contribution in [0.1, 0.15) is 33.6 Å². The molecule has 1 aromatic rings. The molecule has 3 rings (SSSR count). The normalized spacial score (nSPS) is 18.3. The van der Waals surface area contributed by atoms with Gasteiger partial charge in [-0.3, -0.25) is 33.6 Å².